The topological polar surface area (TPSA) is 115 Å². The van der Waals surface area contributed by atoms with Crippen LogP contribution in [0.2, 0.25) is 0 Å². The second kappa shape index (κ2) is 11.8. The summed E-state index contributed by atoms with van der Waals surface area (Å²) in [6.45, 7) is 1.80. The summed E-state index contributed by atoms with van der Waals surface area (Å²) in [6, 6.07) is 13.7. The molecule has 0 radical (unpaired) electrons. The first-order valence-corrected chi connectivity index (χ1v) is 9.15. The Bertz CT molecular complexity index is 913. The number of carbonyl (C=O) groups excluding carboxylic acids is 3. The van der Waals surface area contributed by atoms with Gasteiger partial charge in [0.15, 0.2) is 6.61 Å². The predicted octanol–water partition coefficient (Wildman–Crippen LogP) is 2.12. The summed E-state index contributed by atoms with van der Waals surface area (Å²) < 4.78 is 15.3. The third kappa shape index (κ3) is 7.63. The number of hydrogen-bond acceptors (Lipinski definition) is 7. The Hall–Kier alpha value is -3.88. The number of nitrogens with zero attached hydrogens (tertiary/aromatic N) is 1. The fraction of sp³-hybridized carbons (Fsp3) is 0.238. The van der Waals surface area contributed by atoms with E-state index in [1.165, 1.54) is 13.3 Å². The second-order valence-corrected chi connectivity index (χ2v) is 5.88. The lowest BCUT2D eigenvalue weighted by Gasteiger charge is -2.09. The van der Waals surface area contributed by atoms with Gasteiger partial charge >= 0.3 is 5.97 Å². The van der Waals surface area contributed by atoms with Crippen molar-refractivity contribution in [3.63, 3.8) is 0 Å². The van der Waals surface area contributed by atoms with Gasteiger partial charge in [-0.1, -0.05) is 24.3 Å². The van der Waals surface area contributed by atoms with Gasteiger partial charge in [-0.3, -0.25) is 9.59 Å². The summed E-state index contributed by atoms with van der Waals surface area (Å²) in [5.74, 6) is -0.589. The van der Waals surface area contributed by atoms with E-state index < -0.39 is 24.2 Å². The van der Waals surface area contributed by atoms with E-state index in [9.17, 15) is 14.4 Å². The van der Waals surface area contributed by atoms with Crippen LogP contribution in [0.3, 0.4) is 0 Å². The number of anilines is 1. The van der Waals surface area contributed by atoms with Crippen LogP contribution in [-0.4, -0.2) is 44.3 Å². The van der Waals surface area contributed by atoms with E-state index in [2.05, 4.69) is 15.8 Å². The molecule has 0 aromatic heterocycles. The van der Waals surface area contributed by atoms with E-state index in [0.717, 1.165) is 0 Å². The summed E-state index contributed by atoms with van der Waals surface area (Å²) in [5, 5.41) is 6.43. The molecule has 2 rings (SSSR count). The standard InChI is InChI=1S/C21H23N3O6/c1-3-29-21(27)14-30-16-8-6-7-15(11-16)13-22-24-20(26)12-19(25)23-17-9-4-5-10-18(17)28-2/h4-11,13H,3,12,14H2,1-2H3,(H,23,25)(H,24,26). The first-order chi connectivity index (χ1) is 14.5. The van der Waals surface area contributed by atoms with E-state index >= 15 is 0 Å². The second-order valence-electron chi connectivity index (χ2n) is 5.88. The number of nitrogens with one attached hydrogen (secondary N) is 2. The number of esters is 1. The van der Waals surface area contributed by atoms with Gasteiger partial charge in [-0.25, -0.2) is 10.2 Å². The largest absolute Gasteiger partial charge is 0.495 e. The highest BCUT2D eigenvalue weighted by Crippen LogP contribution is 2.22. The van der Waals surface area contributed by atoms with Gasteiger partial charge in [0.1, 0.15) is 17.9 Å². The maximum absolute atomic E-state index is 12.0. The molecule has 2 N–H and O–H groups in total. The third-order valence-electron chi connectivity index (χ3n) is 3.63. The molecule has 0 spiro atoms. The lowest BCUT2D eigenvalue weighted by molar-refractivity contribution is -0.145. The van der Waals surface area contributed by atoms with E-state index in [4.69, 9.17) is 14.2 Å². The van der Waals surface area contributed by atoms with Crippen LogP contribution in [-0.2, 0) is 19.1 Å². The normalized spacial score (nSPS) is 10.3. The Labute approximate surface area is 174 Å². The minimum absolute atomic E-state index is 0.202. The molecule has 0 bridgehead atoms. The molecule has 0 aliphatic carbocycles. The van der Waals surface area contributed by atoms with E-state index in [0.29, 0.717) is 22.7 Å². The van der Waals surface area contributed by atoms with Gasteiger partial charge in [0.25, 0.3) is 0 Å². The molecule has 2 aromatic carbocycles. The lowest BCUT2D eigenvalue weighted by atomic mass is 10.2. The fourth-order valence-corrected chi connectivity index (χ4v) is 2.34. The van der Waals surface area contributed by atoms with E-state index in [-0.39, 0.29) is 13.2 Å². The smallest absolute Gasteiger partial charge is 0.344 e. The van der Waals surface area contributed by atoms with Crippen LogP contribution in [0.25, 0.3) is 0 Å². The highest BCUT2D eigenvalue weighted by molar-refractivity contribution is 6.04. The molecule has 0 saturated heterocycles. The molecule has 0 unspecified atom stereocenters. The number of rotatable bonds is 10. The number of hydrazone groups is 1. The quantitative estimate of drug-likeness (QED) is 0.267. The Morgan fingerprint density at radius 2 is 1.87 bits per heavy atom. The van der Waals surface area contributed by atoms with Crippen LogP contribution >= 0.6 is 0 Å². The van der Waals surface area contributed by atoms with Crippen LogP contribution in [0.4, 0.5) is 5.69 Å². The van der Waals surface area contributed by atoms with Crippen molar-refractivity contribution in [2.45, 2.75) is 13.3 Å². The molecule has 9 heteroatoms. The van der Waals surface area contributed by atoms with E-state index in [1.807, 2.05) is 0 Å². The van der Waals surface area contributed by atoms with Gasteiger partial charge in [0.2, 0.25) is 11.8 Å². The number of para-hydroxylation sites is 2. The summed E-state index contributed by atoms with van der Waals surface area (Å²) >= 11 is 0. The first kappa shape index (κ1) is 22.4. The van der Waals surface area contributed by atoms with Crippen LogP contribution in [0.1, 0.15) is 18.9 Å². The third-order valence-corrected chi connectivity index (χ3v) is 3.63. The molecule has 2 amide bonds. The van der Waals surface area contributed by atoms with Gasteiger partial charge in [-0.2, -0.15) is 5.10 Å². The minimum Gasteiger partial charge on any atom is -0.495 e. The zero-order chi connectivity index (χ0) is 21.8. The summed E-state index contributed by atoms with van der Waals surface area (Å²) in [4.78, 5) is 35.2. The molecular formula is C21H23N3O6. The van der Waals surface area contributed by atoms with Crippen molar-refractivity contribution >= 4 is 29.7 Å². The monoisotopic (exact) mass is 413 g/mol. The number of carbonyl (C=O) groups is 3. The molecule has 2 aromatic rings. The van der Waals surface area contributed by atoms with Crippen molar-refractivity contribution < 1.29 is 28.6 Å². The zero-order valence-electron chi connectivity index (χ0n) is 16.7. The van der Waals surface area contributed by atoms with Gasteiger partial charge in [0.05, 0.1) is 25.6 Å². The van der Waals surface area contributed by atoms with Crippen molar-refractivity contribution in [1.82, 2.24) is 5.43 Å². The predicted molar refractivity (Wildman–Crippen MR) is 111 cm³/mol. The van der Waals surface area contributed by atoms with Crippen molar-refractivity contribution in [3.05, 3.63) is 54.1 Å². The number of benzene rings is 2. The van der Waals surface area contributed by atoms with Crippen LogP contribution < -0.4 is 20.2 Å². The minimum atomic E-state index is -0.576. The Kier molecular flexibility index (Phi) is 8.85. The van der Waals surface area contributed by atoms with Crippen LogP contribution in [0, 0.1) is 0 Å². The molecule has 9 nitrogen and oxygen atoms in total. The molecule has 158 valence electrons. The summed E-state index contributed by atoms with van der Waals surface area (Å²) in [6.07, 6.45) is 0.991. The van der Waals surface area contributed by atoms with Gasteiger partial charge in [-0.15, -0.1) is 0 Å². The molecular weight excluding hydrogens is 390 g/mol. The number of amides is 2. The fourth-order valence-electron chi connectivity index (χ4n) is 2.34. The summed E-state index contributed by atoms with van der Waals surface area (Å²) in [5.41, 5.74) is 3.39. The molecule has 0 atom stereocenters. The maximum atomic E-state index is 12.0. The zero-order valence-corrected chi connectivity index (χ0v) is 16.7. The Morgan fingerprint density at radius 1 is 1.07 bits per heavy atom. The lowest BCUT2D eigenvalue weighted by Crippen LogP contribution is -2.24. The molecule has 0 aliphatic rings. The molecule has 0 fully saturated rings. The van der Waals surface area contributed by atoms with Crippen molar-refractivity contribution in [3.8, 4) is 11.5 Å². The van der Waals surface area contributed by atoms with Gasteiger partial charge in [-0.05, 0) is 36.8 Å². The van der Waals surface area contributed by atoms with Crippen molar-refractivity contribution in [2.75, 3.05) is 25.6 Å². The van der Waals surface area contributed by atoms with Crippen LogP contribution in [0.15, 0.2) is 53.6 Å². The molecule has 0 aliphatic heterocycles. The van der Waals surface area contributed by atoms with Crippen molar-refractivity contribution in [2.24, 2.45) is 5.10 Å². The van der Waals surface area contributed by atoms with E-state index in [1.54, 1.807) is 55.5 Å². The maximum Gasteiger partial charge on any atom is 0.344 e. The molecule has 0 heterocycles. The highest BCUT2D eigenvalue weighted by Gasteiger charge is 2.11. The van der Waals surface area contributed by atoms with Crippen molar-refractivity contribution in [1.29, 1.82) is 0 Å². The molecule has 0 saturated carbocycles. The number of ether oxygens (including phenoxy) is 3. The highest BCUT2D eigenvalue weighted by atomic mass is 16.6. The average molecular weight is 413 g/mol. The average Bonchev–Trinajstić information content (AvgIpc) is 2.73. The Morgan fingerprint density at radius 3 is 2.63 bits per heavy atom. The van der Waals surface area contributed by atoms with Gasteiger partial charge < -0.3 is 19.5 Å². The Balaban J connectivity index is 1.82. The summed E-state index contributed by atoms with van der Waals surface area (Å²) in [7, 11) is 1.49. The SMILES string of the molecule is CCOC(=O)COc1cccc(C=NNC(=O)CC(=O)Nc2ccccc2OC)c1. The molecule has 30 heavy (non-hydrogen) atoms. The van der Waals surface area contributed by atoms with Gasteiger partial charge in [0, 0.05) is 0 Å². The number of methoxy groups -OCH3 is 1. The first-order valence-electron chi connectivity index (χ1n) is 9.15. The number of hydrogen-bond donors (Lipinski definition) is 2. The van der Waals surface area contributed by atoms with Crippen LogP contribution in [0.5, 0.6) is 11.5 Å².